The Labute approximate surface area is 180 Å². The molecule has 168 valence electrons. The maximum absolute atomic E-state index is 5.50. The van der Waals surface area contributed by atoms with Gasteiger partial charge in [0.25, 0.3) is 0 Å². The van der Waals surface area contributed by atoms with Gasteiger partial charge in [0.1, 0.15) is 24.2 Å². The van der Waals surface area contributed by atoms with Gasteiger partial charge < -0.3 is 18.9 Å². The second-order valence-electron chi connectivity index (χ2n) is 8.04. The van der Waals surface area contributed by atoms with Crippen molar-refractivity contribution in [1.29, 1.82) is 0 Å². The van der Waals surface area contributed by atoms with Crippen molar-refractivity contribution >= 4 is 23.6 Å². The molecule has 0 aromatic carbocycles. The van der Waals surface area contributed by atoms with E-state index in [0.717, 1.165) is 0 Å². The van der Waals surface area contributed by atoms with Crippen molar-refractivity contribution in [2.45, 2.75) is 64.7 Å². The summed E-state index contributed by atoms with van der Waals surface area (Å²) in [6, 6.07) is -0.602. The minimum Gasteiger partial charge on any atom is -0.483 e. The summed E-state index contributed by atoms with van der Waals surface area (Å²) < 4.78 is 21.9. The van der Waals surface area contributed by atoms with Crippen LogP contribution in [0.5, 0.6) is 0 Å². The van der Waals surface area contributed by atoms with Crippen molar-refractivity contribution in [3.8, 4) is 0 Å². The lowest BCUT2D eigenvalue weighted by Gasteiger charge is -2.27. The van der Waals surface area contributed by atoms with Gasteiger partial charge in [-0.05, 0) is 24.7 Å². The van der Waals surface area contributed by atoms with Crippen LogP contribution >= 0.6 is 0 Å². The Morgan fingerprint density at radius 1 is 0.600 bits per heavy atom. The lowest BCUT2D eigenvalue weighted by molar-refractivity contribution is 0.332. The van der Waals surface area contributed by atoms with Gasteiger partial charge in [-0.2, -0.15) is 0 Å². The zero-order chi connectivity index (χ0) is 22.3. The predicted octanol–water partition coefficient (Wildman–Crippen LogP) is 3.32. The molecule has 0 saturated carbocycles. The van der Waals surface area contributed by atoms with Crippen molar-refractivity contribution in [1.82, 2.24) is 0 Å². The highest BCUT2D eigenvalue weighted by molar-refractivity contribution is 5.95. The lowest BCUT2D eigenvalue weighted by Crippen LogP contribution is -2.37. The van der Waals surface area contributed by atoms with Gasteiger partial charge >= 0.3 is 0 Å². The van der Waals surface area contributed by atoms with Gasteiger partial charge in [-0.3, -0.25) is 0 Å². The maximum atomic E-state index is 5.50. The molecule has 0 unspecified atom stereocenters. The number of nitrogens with zero attached hydrogens (tertiary/aromatic N) is 4. The molecule has 0 radical (unpaired) electrons. The van der Waals surface area contributed by atoms with E-state index in [0.29, 0.717) is 36.4 Å². The topological polar surface area (TPSA) is 86.4 Å². The molecular weight excluding hydrogens is 384 g/mol. The van der Waals surface area contributed by atoms with Crippen LogP contribution in [0.1, 0.15) is 40.5 Å². The number of hydrogen-bond donors (Lipinski definition) is 0. The van der Waals surface area contributed by atoms with Gasteiger partial charge in [0.15, 0.2) is 0 Å². The Morgan fingerprint density at radius 3 is 1.20 bits per heavy atom. The van der Waals surface area contributed by atoms with Crippen LogP contribution in [0.25, 0.3) is 0 Å². The molecule has 0 spiro atoms. The minimum atomic E-state index is -0.193. The maximum Gasteiger partial charge on any atom is 0.209 e. The van der Waals surface area contributed by atoms with Crippen LogP contribution in [-0.2, 0) is 18.9 Å². The fraction of sp³-hybridized carbons (Fsp3) is 0.727. The molecule has 2 rings (SSSR count). The van der Waals surface area contributed by atoms with E-state index in [-0.39, 0.29) is 36.0 Å². The van der Waals surface area contributed by atoms with Crippen LogP contribution in [0.2, 0.25) is 0 Å². The third-order valence-electron chi connectivity index (χ3n) is 5.16. The third-order valence-corrected chi connectivity index (χ3v) is 5.16. The first-order chi connectivity index (χ1) is 14.4. The first-order valence-electron chi connectivity index (χ1n) is 10.5. The normalized spacial score (nSPS) is 26.9. The van der Waals surface area contributed by atoms with Crippen LogP contribution in [0.4, 0.5) is 0 Å². The number of hydrogen-bond acceptors (Lipinski definition) is 8. The zero-order valence-corrected chi connectivity index (χ0v) is 19.5. The smallest absolute Gasteiger partial charge is 0.209 e. The van der Waals surface area contributed by atoms with E-state index in [1.54, 1.807) is 28.4 Å². The summed E-state index contributed by atoms with van der Waals surface area (Å²) >= 11 is 0. The molecular formula is C22H36N4O4. The highest BCUT2D eigenvalue weighted by Crippen LogP contribution is 2.21. The van der Waals surface area contributed by atoms with Crippen molar-refractivity contribution in [2.75, 3.05) is 28.4 Å². The minimum absolute atomic E-state index is 0.108. The van der Waals surface area contributed by atoms with E-state index in [1.807, 2.05) is 0 Å². The summed E-state index contributed by atoms with van der Waals surface area (Å²) in [6.45, 7) is 8.36. The fourth-order valence-electron chi connectivity index (χ4n) is 3.48. The highest BCUT2D eigenvalue weighted by Gasteiger charge is 2.31. The second kappa shape index (κ2) is 11.1. The summed E-state index contributed by atoms with van der Waals surface area (Å²) in [5.74, 6) is 3.14. The molecule has 0 amide bonds. The van der Waals surface area contributed by atoms with Crippen molar-refractivity contribution in [3.05, 3.63) is 12.2 Å². The molecule has 4 atom stereocenters. The van der Waals surface area contributed by atoms with Gasteiger partial charge in [-0.1, -0.05) is 39.8 Å². The summed E-state index contributed by atoms with van der Waals surface area (Å²) in [5.41, 5.74) is 0. The lowest BCUT2D eigenvalue weighted by atomic mass is 10.0. The first kappa shape index (κ1) is 23.9. The average molecular weight is 421 g/mol. The zero-order valence-electron chi connectivity index (χ0n) is 19.5. The van der Waals surface area contributed by atoms with E-state index in [9.17, 15) is 0 Å². The summed E-state index contributed by atoms with van der Waals surface area (Å²) in [6.07, 6.45) is 5.45. The molecule has 2 heterocycles. The van der Waals surface area contributed by atoms with Crippen LogP contribution in [0.3, 0.4) is 0 Å². The molecule has 2 aliphatic rings. The molecule has 0 aliphatic carbocycles. The Hall–Kier alpha value is -2.38. The van der Waals surface area contributed by atoms with E-state index < -0.39 is 0 Å². The second-order valence-corrected chi connectivity index (χ2v) is 8.04. The quantitative estimate of drug-likeness (QED) is 0.617. The van der Waals surface area contributed by atoms with Crippen LogP contribution in [0.15, 0.2) is 32.1 Å². The number of rotatable bonds is 6. The van der Waals surface area contributed by atoms with E-state index in [1.165, 1.54) is 0 Å². The Morgan fingerprint density at radius 2 is 0.933 bits per heavy atom. The molecule has 0 fully saturated rings. The van der Waals surface area contributed by atoms with Gasteiger partial charge in [0, 0.05) is 0 Å². The third kappa shape index (κ3) is 5.61. The number of ether oxygens (including phenoxy) is 4. The molecule has 0 aromatic heterocycles. The predicted molar refractivity (Wildman–Crippen MR) is 121 cm³/mol. The molecule has 0 bridgehead atoms. The molecule has 30 heavy (non-hydrogen) atoms. The van der Waals surface area contributed by atoms with Crippen LogP contribution in [-0.4, -0.2) is 76.2 Å². The van der Waals surface area contributed by atoms with Gasteiger partial charge in [-0.25, -0.2) is 20.0 Å². The molecule has 8 heteroatoms. The summed E-state index contributed by atoms with van der Waals surface area (Å²) in [4.78, 5) is 18.8. The Bertz CT molecular complexity index is 665. The fourth-order valence-corrected chi connectivity index (χ4v) is 3.48. The van der Waals surface area contributed by atoms with Gasteiger partial charge in [0.2, 0.25) is 23.6 Å². The first-order valence-corrected chi connectivity index (χ1v) is 10.5. The van der Waals surface area contributed by atoms with E-state index in [4.69, 9.17) is 38.9 Å². The van der Waals surface area contributed by atoms with Gasteiger partial charge in [0.05, 0.1) is 28.4 Å². The summed E-state index contributed by atoms with van der Waals surface area (Å²) in [5, 5.41) is 0. The van der Waals surface area contributed by atoms with E-state index >= 15 is 0 Å². The standard InChI is InChI=1S/C22H36N4O4/c1-13(2)17-21(29-7)23-15(19(25-17)27-5)11-9-10-12-16-20(28-6)26-18(14(3)4)22(24-16)30-8/h9-10,13-18H,11-12H2,1-8H3/b10-9-/t15-,16-,17-,18-/m1/s1. The molecule has 0 N–H and O–H groups in total. The highest BCUT2D eigenvalue weighted by atomic mass is 16.5. The average Bonchev–Trinajstić information content (AvgIpc) is 2.75. The van der Waals surface area contributed by atoms with Crippen LogP contribution in [0, 0.1) is 11.8 Å². The Balaban J connectivity index is 2.06. The van der Waals surface area contributed by atoms with E-state index in [2.05, 4.69) is 39.8 Å². The monoisotopic (exact) mass is 420 g/mol. The summed E-state index contributed by atoms with van der Waals surface area (Å²) in [7, 11) is 6.54. The molecule has 0 saturated heterocycles. The largest absolute Gasteiger partial charge is 0.483 e. The number of methoxy groups -OCH3 is 4. The molecule has 8 nitrogen and oxygen atoms in total. The van der Waals surface area contributed by atoms with Gasteiger partial charge in [-0.15, -0.1) is 0 Å². The van der Waals surface area contributed by atoms with Crippen molar-refractivity contribution < 1.29 is 18.9 Å². The van der Waals surface area contributed by atoms with Crippen molar-refractivity contribution in [2.24, 2.45) is 31.8 Å². The Kier molecular flexibility index (Phi) is 8.87. The van der Waals surface area contributed by atoms with Crippen LogP contribution < -0.4 is 0 Å². The van der Waals surface area contributed by atoms with Crippen molar-refractivity contribution in [3.63, 3.8) is 0 Å². The number of aliphatic imine (C=N–C) groups is 4. The SMILES string of the molecule is COC1=N[C@H](C(C)C)C(OC)=N[C@@H]1C/C=C\C[C@H]1N=C(OC)[C@@H](C(C)C)N=C1OC. The molecule has 0 aromatic rings. The molecule has 2 aliphatic heterocycles.